The Bertz CT molecular complexity index is 1370. The Morgan fingerprint density at radius 3 is 2.53 bits per heavy atom. The summed E-state index contributed by atoms with van der Waals surface area (Å²) in [5.74, 6) is 0.719. The van der Waals surface area contributed by atoms with Crippen LogP contribution in [-0.2, 0) is 4.74 Å². The first-order valence-corrected chi connectivity index (χ1v) is 10.8. The van der Waals surface area contributed by atoms with E-state index in [1.54, 1.807) is 71.4 Å². The molecular weight excluding hydrogens is 458 g/mol. The number of anilines is 2. The predicted octanol–water partition coefficient (Wildman–Crippen LogP) is 5.57. The molecule has 176 valence electrons. The van der Waals surface area contributed by atoms with Crippen molar-refractivity contribution >= 4 is 46.0 Å². The summed E-state index contributed by atoms with van der Waals surface area (Å²) in [4.78, 5) is 35.2. The van der Waals surface area contributed by atoms with Crippen LogP contribution in [0.5, 0.6) is 0 Å². The Labute approximate surface area is 201 Å². The van der Waals surface area contributed by atoms with Crippen LogP contribution in [0, 0.1) is 0 Å². The van der Waals surface area contributed by atoms with Gasteiger partial charge in [0.1, 0.15) is 11.4 Å². The zero-order valence-electron chi connectivity index (χ0n) is 19.4. The van der Waals surface area contributed by atoms with E-state index in [0.29, 0.717) is 44.4 Å². The number of rotatable bonds is 4. The largest absolute Gasteiger partial charge is 0.443 e. The van der Waals surface area contributed by atoms with Gasteiger partial charge in [0.2, 0.25) is 0 Å². The predicted molar refractivity (Wildman–Crippen MR) is 130 cm³/mol. The molecule has 9 nitrogen and oxygen atoms in total. The molecule has 0 aliphatic carbocycles. The second-order valence-corrected chi connectivity index (χ2v) is 9.27. The lowest BCUT2D eigenvalue weighted by atomic mass is 10.2. The van der Waals surface area contributed by atoms with E-state index in [-0.39, 0.29) is 5.91 Å². The SMILES string of the molecule is CN(C)C(=O)c1ccc(Nc2cc3c(cn2)cc(-c2cnco2)n3C(=O)OC(C)(C)C)c(Cl)c1. The molecule has 0 bridgehead atoms. The highest BCUT2D eigenvalue weighted by atomic mass is 35.5. The molecule has 4 aromatic rings. The molecule has 0 fully saturated rings. The van der Waals surface area contributed by atoms with Gasteiger partial charge in [-0.3, -0.25) is 4.79 Å². The standard InChI is InChI=1S/C24H24ClN5O4/c1-24(2,3)34-23(32)30-18-10-21(27-11-15(18)9-19(30)20-12-26-13-33-20)28-17-7-6-14(8-16(17)25)22(31)29(4)5/h6-13H,1-5H3,(H,27,28). The lowest BCUT2D eigenvalue weighted by Gasteiger charge is -2.20. The highest BCUT2D eigenvalue weighted by Gasteiger charge is 2.24. The summed E-state index contributed by atoms with van der Waals surface area (Å²) in [6, 6.07) is 8.48. The van der Waals surface area contributed by atoms with E-state index >= 15 is 0 Å². The first-order chi connectivity index (χ1) is 16.0. The van der Waals surface area contributed by atoms with E-state index in [1.165, 1.54) is 22.1 Å². The van der Waals surface area contributed by atoms with E-state index in [0.717, 1.165) is 0 Å². The number of aromatic nitrogens is 3. The quantitative estimate of drug-likeness (QED) is 0.406. The van der Waals surface area contributed by atoms with Crippen molar-refractivity contribution in [3.8, 4) is 11.5 Å². The van der Waals surface area contributed by atoms with Crippen molar-refractivity contribution in [3.63, 3.8) is 0 Å². The Kier molecular flexibility index (Phi) is 6.05. The second-order valence-electron chi connectivity index (χ2n) is 8.86. The maximum atomic E-state index is 13.1. The van der Waals surface area contributed by atoms with Gasteiger partial charge in [0.05, 0.1) is 28.1 Å². The molecule has 0 atom stereocenters. The summed E-state index contributed by atoms with van der Waals surface area (Å²) in [6.07, 6.45) is 3.90. The second kappa shape index (κ2) is 8.83. The number of fused-ring (bicyclic) bond motifs is 1. The zero-order chi connectivity index (χ0) is 24.6. The van der Waals surface area contributed by atoms with Crippen LogP contribution < -0.4 is 5.32 Å². The monoisotopic (exact) mass is 481 g/mol. The van der Waals surface area contributed by atoms with Crippen molar-refractivity contribution in [1.29, 1.82) is 0 Å². The third kappa shape index (κ3) is 4.74. The van der Waals surface area contributed by atoms with Crippen LogP contribution in [0.15, 0.2) is 53.5 Å². The van der Waals surface area contributed by atoms with Gasteiger partial charge in [-0.05, 0) is 45.0 Å². The summed E-state index contributed by atoms with van der Waals surface area (Å²) in [6.45, 7) is 5.39. The van der Waals surface area contributed by atoms with Crippen LogP contribution in [0.4, 0.5) is 16.3 Å². The molecule has 1 amide bonds. The van der Waals surface area contributed by atoms with Crippen molar-refractivity contribution in [3.05, 3.63) is 59.7 Å². The number of pyridine rings is 1. The van der Waals surface area contributed by atoms with E-state index in [4.69, 9.17) is 20.8 Å². The number of hydrogen-bond donors (Lipinski definition) is 1. The van der Waals surface area contributed by atoms with Crippen LogP contribution in [0.2, 0.25) is 5.02 Å². The highest BCUT2D eigenvalue weighted by molar-refractivity contribution is 6.33. The van der Waals surface area contributed by atoms with Crippen molar-refractivity contribution in [2.75, 3.05) is 19.4 Å². The minimum atomic E-state index is -0.695. The molecule has 0 unspecified atom stereocenters. The Balaban J connectivity index is 1.74. The fourth-order valence-corrected chi connectivity index (χ4v) is 3.57. The van der Waals surface area contributed by atoms with Crippen LogP contribution in [0.25, 0.3) is 22.4 Å². The number of oxazole rings is 1. The van der Waals surface area contributed by atoms with E-state index in [9.17, 15) is 9.59 Å². The maximum Gasteiger partial charge on any atom is 0.419 e. The molecule has 1 N–H and O–H groups in total. The average molecular weight is 482 g/mol. The highest BCUT2D eigenvalue weighted by Crippen LogP contribution is 2.32. The first-order valence-electron chi connectivity index (χ1n) is 10.5. The summed E-state index contributed by atoms with van der Waals surface area (Å²) in [5.41, 5.74) is 1.40. The number of carbonyl (C=O) groups is 2. The van der Waals surface area contributed by atoms with Gasteiger partial charge in [-0.1, -0.05) is 11.6 Å². The molecular formula is C24H24ClN5O4. The maximum absolute atomic E-state index is 13.1. The van der Waals surface area contributed by atoms with Gasteiger partial charge < -0.3 is 19.4 Å². The van der Waals surface area contributed by atoms with E-state index < -0.39 is 11.7 Å². The third-order valence-electron chi connectivity index (χ3n) is 4.83. The number of nitrogens with one attached hydrogen (secondary N) is 1. The Morgan fingerprint density at radius 1 is 1.15 bits per heavy atom. The minimum absolute atomic E-state index is 0.150. The normalized spacial score (nSPS) is 11.5. The molecule has 0 spiro atoms. The van der Waals surface area contributed by atoms with Gasteiger partial charge in [-0.15, -0.1) is 0 Å². The molecule has 4 rings (SSSR count). The van der Waals surface area contributed by atoms with E-state index in [1.807, 2.05) is 0 Å². The number of carbonyl (C=O) groups excluding carboxylic acids is 2. The fourth-order valence-electron chi connectivity index (χ4n) is 3.34. The smallest absolute Gasteiger partial charge is 0.419 e. The van der Waals surface area contributed by atoms with Gasteiger partial charge >= 0.3 is 6.09 Å². The summed E-state index contributed by atoms with van der Waals surface area (Å²) >= 11 is 6.41. The topological polar surface area (TPSA) is 102 Å². The molecule has 0 aliphatic rings. The molecule has 3 heterocycles. The van der Waals surface area contributed by atoms with Gasteiger partial charge in [0.25, 0.3) is 5.91 Å². The number of amides is 1. The van der Waals surface area contributed by atoms with Crippen molar-refractivity contribution in [2.24, 2.45) is 0 Å². The molecule has 3 aromatic heterocycles. The number of benzene rings is 1. The number of hydrogen-bond acceptors (Lipinski definition) is 7. The molecule has 0 saturated carbocycles. The van der Waals surface area contributed by atoms with Crippen LogP contribution in [-0.4, -0.2) is 51.1 Å². The summed E-state index contributed by atoms with van der Waals surface area (Å²) < 4.78 is 12.5. The van der Waals surface area contributed by atoms with Gasteiger partial charge in [-0.25, -0.2) is 19.3 Å². The lowest BCUT2D eigenvalue weighted by molar-refractivity contribution is 0.0546. The van der Waals surface area contributed by atoms with Crippen molar-refractivity contribution in [2.45, 2.75) is 26.4 Å². The van der Waals surface area contributed by atoms with E-state index in [2.05, 4.69) is 15.3 Å². The van der Waals surface area contributed by atoms with Gasteiger partial charge in [0, 0.05) is 37.3 Å². The van der Waals surface area contributed by atoms with Gasteiger partial charge in [-0.2, -0.15) is 0 Å². The lowest BCUT2D eigenvalue weighted by Crippen LogP contribution is -2.27. The number of ether oxygens (including phenoxy) is 1. The first kappa shape index (κ1) is 23.3. The number of nitrogens with zero attached hydrogens (tertiary/aromatic N) is 4. The zero-order valence-corrected chi connectivity index (χ0v) is 20.2. The average Bonchev–Trinajstić information content (AvgIpc) is 3.40. The Hall–Kier alpha value is -3.85. The third-order valence-corrected chi connectivity index (χ3v) is 5.14. The molecule has 10 heteroatoms. The summed E-state index contributed by atoms with van der Waals surface area (Å²) in [7, 11) is 3.35. The fraction of sp³-hybridized carbons (Fsp3) is 0.250. The summed E-state index contributed by atoms with van der Waals surface area (Å²) in [5, 5.41) is 4.22. The Morgan fingerprint density at radius 2 is 1.91 bits per heavy atom. The molecule has 0 radical (unpaired) electrons. The van der Waals surface area contributed by atoms with Crippen molar-refractivity contribution in [1.82, 2.24) is 19.4 Å². The van der Waals surface area contributed by atoms with Crippen LogP contribution in [0.3, 0.4) is 0 Å². The van der Waals surface area contributed by atoms with Gasteiger partial charge in [0.15, 0.2) is 12.2 Å². The molecule has 0 aliphatic heterocycles. The number of halogens is 1. The molecule has 34 heavy (non-hydrogen) atoms. The molecule has 1 aromatic carbocycles. The van der Waals surface area contributed by atoms with Crippen LogP contribution in [0.1, 0.15) is 31.1 Å². The van der Waals surface area contributed by atoms with Crippen LogP contribution >= 0.6 is 11.6 Å². The van der Waals surface area contributed by atoms with Crippen molar-refractivity contribution < 1.29 is 18.7 Å². The molecule has 0 saturated heterocycles. The minimum Gasteiger partial charge on any atom is -0.443 e.